The lowest BCUT2D eigenvalue weighted by atomic mass is 10.2. The van der Waals surface area contributed by atoms with E-state index in [2.05, 4.69) is 25.2 Å². The summed E-state index contributed by atoms with van der Waals surface area (Å²) in [6, 6.07) is 5.82. The monoisotopic (exact) mass is 365 g/mol. The molecule has 1 saturated heterocycles. The molecule has 3 heterocycles. The number of amides is 1. The van der Waals surface area contributed by atoms with Gasteiger partial charge < -0.3 is 15.1 Å². The second-order valence-electron chi connectivity index (χ2n) is 6.90. The van der Waals surface area contributed by atoms with Crippen molar-refractivity contribution < 1.29 is 4.79 Å². The average molecular weight is 365 g/mol. The Morgan fingerprint density at radius 3 is 2.74 bits per heavy atom. The second kappa shape index (κ2) is 7.58. The summed E-state index contributed by atoms with van der Waals surface area (Å²) in [6.07, 6.45) is 2.62. The van der Waals surface area contributed by atoms with Gasteiger partial charge in [-0.1, -0.05) is 0 Å². The number of pyridine rings is 1. The Morgan fingerprint density at radius 1 is 1.33 bits per heavy atom. The van der Waals surface area contributed by atoms with E-state index in [1.54, 1.807) is 26.4 Å². The highest BCUT2D eigenvalue weighted by Gasteiger charge is 2.27. The van der Waals surface area contributed by atoms with Crippen LogP contribution in [0.1, 0.15) is 34.0 Å². The third kappa shape index (κ3) is 3.97. The minimum Gasteiger partial charge on any atom is -0.379 e. The fourth-order valence-corrected chi connectivity index (χ4v) is 3.07. The number of carbonyl (C=O) groups excluding carboxylic acids is 1. The van der Waals surface area contributed by atoms with Crippen molar-refractivity contribution in [1.82, 2.24) is 19.9 Å². The van der Waals surface area contributed by atoms with Crippen LogP contribution in [0.4, 0.5) is 11.5 Å². The smallest absolute Gasteiger partial charge is 0.291 e. The first-order chi connectivity index (χ1) is 12.9. The molecule has 1 atom stereocenters. The van der Waals surface area contributed by atoms with Gasteiger partial charge in [0.25, 0.3) is 5.91 Å². The fourth-order valence-electron chi connectivity index (χ4n) is 3.07. The topological polar surface area (TPSA) is 98.0 Å². The molecule has 1 amide bonds. The fraction of sp³-hybridized carbons (Fsp3) is 0.421. The average Bonchev–Trinajstić information content (AvgIpc) is 3.12. The summed E-state index contributed by atoms with van der Waals surface area (Å²) in [5, 5.41) is 12.3. The number of hydrogen-bond donors (Lipinski definition) is 1. The zero-order valence-electron chi connectivity index (χ0n) is 16.0. The van der Waals surface area contributed by atoms with Crippen LogP contribution in [0.3, 0.4) is 0 Å². The van der Waals surface area contributed by atoms with Crippen LogP contribution in [-0.4, -0.2) is 59.0 Å². The number of hydrogen-bond acceptors (Lipinski definition) is 7. The Hall–Kier alpha value is -3.21. The molecular weight excluding hydrogens is 342 g/mol. The first-order valence-electron chi connectivity index (χ1n) is 8.83. The predicted molar refractivity (Wildman–Crippen MR) is 103 cm³/mol. The van der Waals surface area contributed by atoms with Gasteiger partial charge in [-0.05, 0) is 32.4 Å². The van der Waals surface area contributed by atoms with Gasteiger partial charge in [-0.2, -0.15) is 5.26 Å². The summed E-state index contributed by atoms with van der Waals surface area (Å²) < 4.78 is 0. The molecule has 0 aliphatic carbocycles. The molecule has 1 N–H and O–H groups in total. The maximum atomic E-state index is 12.3. The minimum absolute atomic E-state index is 0.197. The maximum Gasteiger partial charge on any atom is 0.291 e. The Kier molecular flexibility index (Phi) is 5.21. The van der Waals surface area contributed by atoms with E-state index >= 15 is 0 Å². The lowest BCUT2D eigenvalue weighted by Gasteiger charge is -2.22. The van der Waals surface area contributed by atoms with Crippen LogP contribution in [0.5, 0.6) is 0 Å². The normalized spacial score (nSPS) is 16.1. The zero-order chi connectivity index (χ0) is 19.6. The van der Waals surface area contributed by atoms with Gasteiger partial charge >= 0.3 is 0 Å². The van der Waals surface area contributed by atoms with Crippen LogP contribution >= 0.6 is 0 Å². The molecule has 3 rings (SSSR count). The molecule has 0 bridgehead atoms. The number of nitrogens with zero attached hydrogens (tertiary/aromatic N) is 6. The van der Waals surface area contributed by atoms with Crippen LogP contribution in [0.15, 0.2) is 18.3 Å². The van der Waals surface area contributed by atoms with Crippen molar-refractivity contribution in [2.75, 3.05) is 37.4 Å². The molecule has 0 spiro atoms. The molecule has 2 aromatic rings. The molecule has 0 unspecified atom stereocenters. The van der Waals surface area contributed by atoms with E-state index in [9.17, 15) is 4.79 Å². The predicted octanol–water partition coefficient (Wildman–Crippen LogP) is 1.75. The molecule has 0 aromatic carbocycles. The van der Waals surface area contributed by atoms with Crippen molar-refractivity contribution in [3.63, 3.8) is 0 Å². The van der Waals surface area contributed by atoms with Crippen LogP contribution in [-0.2, 0) is 0 Å². The number of aryl methyl sites for hydroxylation is 1. The number of rotatable bonds is 4. The van der Waals surface area contributed by atoms with E-state index < -0.39 is 0 Å². The highest BCUT2D eigenvalue weighted by molar-refractivity contribution is 5.90. The van der Waals surface area contributed by atoms with Crippen LogP contribution in [0, 0.1) is 25.2 Å². The molecule has 1 aliphatic rings. The van der Waals surface area contributed by atoms with Crippen LogP contribution in [0.2, 0.25) is 0 Å². The number of anilines is 2. The standard InChI is InChI=1S/C19H23N7O/c1-12-13(2)22-17(19(27)25(3)4)24-18(12)26-8-7-16(11-26)23-15-6-5-14(9-20)21-10-15/h5-6,10,16,23H,7-8,11H2,1-4H3/t16-/m1/s1. The SMILES string of the molecule is Cc1nc(C(=O)N(C)C)nc(N2CC[C@@H](Nc3ccc(C#N)nc3)C2)c1C. The van der Waals surface area contributed by atoms with Crippen molar-refractivity contribution in [2.24, 2.45) is 0 Å². The van der Waals surface area contributed by atoms with Crippen LogP contribution in [0.25, 0.3) is 0 Å². The van der Waals surface area contributed by atoms with Crippen molar-refractivity contribution >= 4 is 17.4 Å². The van der Waals surface area contributed by atoms with E-state index in [0.29, 0.717) is 5.69 Å². The largest absolute Gasteiger partial charge is 0.379 e. The Morgan fingerprint density at radius 2 is 2.11 bits per heavy atom. The minimum atomic E-state index is -0.197. The highest BCUT2D eigenvalue weighted by atomic mass is 16.2. The number of nitrogens with one attached hydrogen (secondary N) is 1. The first-order valence-corrected chi connectivity index (χ1v) is 8.83. The Labute approximate surface area is 158 Å². The van der Waals surface area contributed by atoms with E-state index in [-0.39, 0.29) is 17.8 Å². The molecule has 1 fully saturated rings. The van der Waals surface area contributed by atoms with E-state index in [1.807, 2.05) is 26.0 Å². The van der Waals surface area contributed by atoms with Gasteiger partial charge in [0, 0.05) is 44.5 Å². The van der Waals surface area contributed by atoms with Gasteiger partial charge in [0.1, 0.15) is 17.6 Å². The third-order valence-corrected chi connectivity index (χ3v) is 4.70. The van der Waals surface area contributed by atoms with Gasteiger partial charge in [0.15, 0.2) is 0 Å². The van der Waals surface area contributed by atoms with E-state index in [1.165, 1.54) is 4.90 Å². The third-order valence-electron chi connectivity index (χ3n) is 4.70. The maximum absolute atomic E-state index is 12.3. The molecule has 0 radical (unpaired) electrons. The van der Waals surface area contributed by atoms with Gasteiger partial charge in [-0.15, -0.1) is 0 Å². The molecule has 8 heteroatoms. The second-order valence-corrected chi connectivity index (χ2v) is 6.90. The van der Waals surface area contributed by atoms with Gasteiger partial charge in [0.2, 0.25) is 5.82 Å². The zero-order valence-corrected chi connectivity index (χ0v) is 16.0. The van der Waals surface area contributed by atoms with Crippen molar-refractivity contribution in [1.29, 1.82) is 5.26 Å². The van der Waals surface area contributed by atoms with E-state index in [0.717, 1.165) is 42.3 Å². The number of aromatic nitrogens is 3. The summed E-state index contributed by atoms with van der Waals surface area (Å²) >= 11 is 0. The van der Waals surface area contributed by atoms with Crippen LogP contribution < -0.4 is 10.2 Å². The summed E-state index contributed by atoms with van der Waals surface area (Å²) in [4.78, 5) is 28.9. The number of carbonyl (C=O) groups is 1. The molecular formula is C19H23N7O. The molecule has 8 nitrogen and oxygen atoms in total. The number of nitriles is 1. The molecule has 2 aromatic heterocycles. The van der Waals surface area contributed by atoms with Crippen molar-refractivity contribution in [3.8, 4) is 6.07 Å². The summed E-state index contributed by atoms with van der Waals surface area (Å²) in [7, 11) is 3.39. The van der Waals surface area contributed by atoms with Gasteiger partial charge in [-0.3, -0.25) is 4.79 Å². The quantitative estimate of drug-likeness (QED) is 0.881. The van der Waals surface area contributed by atoms with Crippen molar-refractivity contribution in [3.05, 3.63) is 41.1 Å². The summed E-state index contributed by atoms with van der Waals surface area (Å²) in [6.45, 7) is 5.50. The first kappa shape index (κ1) is 18.6. The summed E-state index contributed by atoms with van der Waals surface area (Å²) in [5.74, 6) is 0.845. The molecule has 0 saturated carbocycles. The Balaban J connectivity index is 1.76. The summed E-state index contributed by atoms with van der Waals surface area (Å²) in [5.41, 5.74) is 3.10. The molecule has 1 aliphatic heterocycles. The molecule has 27 heavy (non-hydrogen) atoms. The van der Waals surface area contributed by atoms with E-state index in [4.69, 9.17) is 5.26 Å². The lowest BCUT2D eigenvalue weighted by molar-refractivity contribution is 0.0815. The highest BCUT2D eigenvalue weighted by Crippen LogP contribution is 2.25. The lowest BCUT2D eigenvalue weighted by Crippen LogP contribution is -2.29. The van der Waals surface area contributed by atoms with Gasteiger partial charge in [-0.25, -0.2) is 15.0 Å². The Bertz CT molecular complexity index is 886. The van der Waals surface area contributed by atoms with Crippen molar-refractivity contribution in [2.45, 2.75) is 26.3 Å². The molecule has 140 valence electrons. The van der Waals surface area contributed by atoms with Gasteiger partial charge in [0.05, 0.1) is 11.9 Å².